The van der Waals surface area contributed by atoms with Gasteiger partial charge in [0.2, 0.25) is 5.91 Å². The van der Waals surface area contributed by atoms with Gasteiger partial charge in [0.05, 0.1) is 0 Å². The molecule has 1 aromatic carbocycles. The van der Waals surface area contributed by atoms with E-state index in [1.807, 2.05) is 18.2 Å². The molecule has 0 heterocycles. The predicted molar refractivity (Wildman–Crippen MR) is 81.1 cm³/mol. The fourth-order valence-corrected chi connectivity index (χ4v) is 2.18. The molecule has 0 aliphatic heterocycles. The summed E-state index contributed by atoms with van der Waals surface area (Å²) in [5, 5.41) is 2.91. The van der Waals surface area contributed by atoms with E-state index in [9.17, 15) is 4.79 Å². The average molecular weight is 262 g/mol. The van der Waals surface area contributed by atoms with E-state index in [-0.39, 0.29) is 17.4 Å². The van der Waals surface area contributed by atoms with Crippen LogP contribution in [0.2, 0.25) is 0 Å². The number of aryl methyl sites for hydroxylation is 1. The van der Waals surface area contributed by atoms with Gasteiger partial charge in [-0.05, 0) is 36.0 Å². The number of rotatable bonds is 5. The van der Waals surface area contributed by atoms with E-state index >= 15 is 0 Å². The maximum atomic E-state index is 11.9. The van der Waals surface area contributed by atoms with Crippen LogP contribution in [0.4, 0.5) is 5.69 Å². The minimum atomic E-state index is -0.0886. The van der Waals surface area contributed by atoms with Crippen molar-refractivity contribution in [3.8, 4) is 0 Å². The number of anilines is 1. The highest BCUT2D eigenvalue weighted by molar-refractivity contribution is 5.91. The molecule has 1 atom stereocenters. The summed E-state index contributed by atoms with van der Waals surface area (Å²) in [6.45, 7) is 8.50. The van der Waals surface area contributed by atoms with Gasteiger partial charge in [-0.1, -0.05) is 39.8 Å². The Balaban J connectivity index is 2.50. The number of nitrogens with one attached hydrogen (secondary N) is 1. The summed E-state index contributed by atoms with van der Waals surface area (Å²) in [6.07, 6.45) is 2.18. The third-order valence-corrected chi connectivity index (χ3v) is 2.94. The number of hydrogen-bond acceptors (Lipinski definition) is 2. The number of benzene rings is 1. The second-order valence-electron chi connectivity index (χ2n) is 6.33. The lowest BCUT2D eigenvalue weighted by atomic mass is 9.87. The van der Waals surface area contributed by atoms with Crippen LogP contribution in [0.3, 0.4) is 0 Å². The van der Waals surface area contributed by atoms with Gasteiger partial charge in [0.15, 0.2) is 0 Å². The minimum absolute atomic E-state index is 0.00926. The lowest BCUT2D eigenvalue weighted by Crippen LogP contribution is -2.31. The van der Waals surface area contributed by atoms with Gasteiger partial charge in [0.1, 0.15) is 0 Å². The van der Waals surface area contributed by atoms with Crippen LogP contribution in [0, 0.1) is 5.41 Å². The largest absolute Gasteiger partial charge is 0.327 e. The smallest absolute Gasteiger partial charge is 0.225 e. The van der Waals surface area contributed by atoms with Crippen LogP contribution >= 0.6 is 0 Å². The predicted octanol–water partition coefficient (Wildman–Crippen LogP) is 3.34. The van der Waals surface area contributed by atoms with E-state index in [4.69, 9.17) is 5.73 Å². The highest BCUT2D eigenvalue weighted by Crippen LogP contribution is 2.21. The average Bonchev–Trinajstić information content (AvgIpc) is 2.26. The first-order valence-electron chi connectivity index (χ1n) is 6.94. The molecule has 1 aromatic rings. The molecule has 3 heteroatoms. The molecule has 1 amide bonds. The zero-order valence-corrected chi connectivity index (χ0v) is 12.5. The highest BCUT2D eigenvalue weighted by atomic mass is 16.1. The van der Waals surface area contributed by atoms with Gasteiger partial charge in [-0.25, -0.2) is 0 Å². The van der Waals surface area contributed by atoms with Gasteiger partial charge in [-0.3, -0.25) is 4.79 Å². The highest BCUT2D eigenvalue weighted by Gasteiger charge is 2.18. The Kier molecular flexibility index (Phi) is 5.55. The first-order chi connectivity index (χ1) is 8.80. The number of carbonyl (C=O) groups is 1. The Hall–Kier alpha value is -1.35. The monoisotopic (exact) mass is 262 g/mol. The van der Waals surface area contributed by atoms with Gasteiger partial charge >= 0.3 is 0 Å². The molecule has 0 fully saturated rings. The fourth-order valence-electron chi connectivity index (χ4n) is 2.18. The molecule has 3 nitrogen and oxygen atoms in total. The molecule has 0 aliphatic rings. The van der Waals surface area contributed by atoms with Crippen molar-refractivity contribution in [3.05, 3.63) is 29.8 Å². The molecule has 0 bridgehead atoms. The van der Waals surface area contributed by atoms with Gasteiger partial charge in [0.25, 0.3) is 0 Å². The molecule has 106 valence electrons. The maximum Gasteiger partial charge on any atom is 0.225 e. The Bertz CT molecular complexity index is 421. The summed E-state index contributed by atoms with van der Waals surface area (Å²) in [7, 11) is 0. The van der Waals surface area contributed by atoms with E-state index in [0.717, 1.165) is 18.5 Å². The molecule has 0 spiro atoms. The van der Waals surface area contributed by atoms with Crippen molar-refractivity contribution in [1.82, 2.24) is 0 Å². The second-order valence-corrected chi connectivity index (χ2v) is 6.33. The summed E-state index contributed by atoms with van der Waals surface area (Å²) in [6, 6.07) is 7.85. The van der Waals surface area contributed by atoms with Crippen LogP contribution in [-0.2, 0) is 11.2 Å². The Morgan fingerprint density at radius 1 is 1.37 bits per heavy atom. The van der Waals surface area contributed by atoms with Gasteiger partial charge in [-0.2, -0.15) is 0 Å². The number of carbonyl (C=O) groups excluding carboxylic acids is 1. The minimum Gasteiger partial charge on any atom is -0.327 e. The van der Waals surface area contributed by atoms with Crippen molar-refractivity contribution >= 4 is 11.6 Å². The van der Waals surface area contributed by atoms with Crippen LogP contribution in [-0.4, -0.2) is 11.9 Å². The van der Waals surface area contributed by atoms with Crippen molar-refractivity contribution in [1.29, 1.82) is 0 Å². The molecule has 0 saturated heterocycles. The maximum absolute atomic E-state index is 11.9. The van der Waals surface area contributed by atoms with E-state index in [1.54, 1.807) is 0 Å². The molecule has 0 saturated carbocycles. The summed E-state index contributed by atoms with van der Waals surface area (Å²) in [5.41, 5.74) is 8.24. The van der Waals surface area contributed by atoms with Crippen molar-refractivity contribution in [2.45, 2.75) is 53.0 Å². The Morgan fingerprint density at radius 2 is 2.05 bits per heavy atom. The Morgan fingerprint density at radius 3 is 2.63 bits per heavy atom. The number of hydrogen-bond donors (Lipinski definition) is 2. The zero-order valence-electron chi connectivity index (χ0n) is 12.5. The fraction of sp³-hybridized carbons (Fsp3) is 0.562. The standard InChI is InChI=1S/C16H26N2O/c1-5-12-7-6-8-14(9-12)18-15(19)10-13(17)11-16(2,3)4/h6-9,13H,5,10-11,17H2,1-4H3,(H,18,19). The summed E-state index contributed by atoms with van der Waals surface area (Å²) < 4.78 is 0. The summed E-state index contributed by atoms with van der Waals surface area (Å²) >= 11 is 0. The molecule has 1 unspecified atom stereocenters. The van der Waals surface area contributed by atoms with Gasteiger partial charge in [0, 0.05) is 18.2 Å². The molecule has 0 radical (unpaired) electrons. The molecular weight excluding hydrogens is 236 g/mol. The lowest BCUT2D eigenvalue weighted by Gasteiger charge is -2.22. The van der Waals surface area contributed by atoms with E-state index in [1.165, 1.54) is 5.56 Å². The van der Waals surface area contributed by atoms with Gasteiger partial charge < -0.3 is 11.1 Å². The van der Waals surface area contributed by atoms with E-state index < -0.39 is 0 Å². The molecule has 19 heavy (non-hydrogen) atoms. The Labute approximate surface area is 116 Å². The first-order valence-corrected chi connectivity index (χ1v) is 6.94. The van der Waals surface area contributed by atoms with Gasteiger partial charge in [-0.15, -0.1) is 0 Å². The second kappa shape index (κ2) is 6.71. The number of amides is 1. The zero-order chi connectivity index (χ0) is 14.5. The molecule has 1 rings (SSSR count). The van der Waals surface area contributed by atoms with Crippen molar-refractivity contribution < 1.29 is 4.79 Å². The van der Waals surface area contributed by atoms with Crippen molar-refractivity contribution in [3.63, 3.8) is 0 Å². The van der Waals surface area contributed by atoms with Crippen LogP contribution in [0.15, 0.2) is 24.3 Å². The molecule has 0 aromatic heterocycles. The van der Waals surface area contributed by atoms with Crippen molar-refractivity contribution in [2.24, 2.45) is 11.1 Å². The third-order valence-electron chi connectivity index (χ3n) is 2.94. The lowest BCUT2D eigenvalue weighted by molar-refractivity contribution is -0.116. The van der Waals surface area contributed by atoms with Crippen LogP contribution in [0.25, 0.3) is 0 Å². The normalized spacial score (nSPS) is 13.1. The topological polar surface area (TPSA) is 55.1 Å². The van der Waals surface area contributed by atoms with E-state index in [2.05, 4.69) is 39.1 Å². The first kappa shape index (κ1) is 15.7. The molecular formula is C16H26N2O. The van der Waals surface area contributed by atoms with Crippen LogP contribution in [0.5, 0.6) is 0 Å². The molecule has 0 aliphatic carbocycles. The molecule has 3 N–H and O–H groups in total. The summed E-state index contributed by atoms with van der Waals surface area (Å²) in [5.74, 6) is -0.00926. The quantitative estimate of drug-likeness (QED) is 0.855. The summed E-state index contributed by atoms with van der Waals surface area (Å²) in [4.78, 5) is 11.9. The SMILES string of the molecule is CCc1cccc(NC(=O)CC(N)CC(C)(C)C)c1. The van der Waals surface area contributed by atoms with Crippen molar-refractivity contribution in [2.75, 3.05) is 5.32 Å². The van der Waals surface area contributed by atoms with E-state index in [0.29, 0.717) is 6.42 Å². The third kappa shape index (κ3) is 6.39. The number of nitrogens with two attached hydrogens (primary N) is 1. The van der Waals surface area contributed by atoms with Crippen LogP contribution < -0.4 is 11.1 Å². The van der Waals surface area contributed by atoms with Crippen LogP contribution in [0.1, 0.15) is 46.1 Å².